The predicted octanol–water partition coefficient (Wildman–Crippen LogP) is 1.91. The molecule has 1 aromatic carbocycles. The summed E-state index contributed by atoms with van der Waals surface area (Å²) in [6.45, 7) is 6.76. The highest BCUT2D eigenvalue weighted by Gasteiger charge is 2.23. The van der Waals surface area contributed by atoms with Gasteiger partial charge in [0.25, 0.3) is 0 Å². The first-order chi connectivity index (χ1) is 14.4. The van der Waals surface area contributed by atoms with Crippen LogP contribution in [0.4, 0.5) is 5.69 Å². The van der Waals surface area contributed by atoms with Gasteiger partial charge in [-0.25, -0.2) is 4.98 Å². The molecule has 4 nitrogen and oxygen atoms in total. The summed E-state index contributed by atoms with van der Waals surface area (Å²) < 4.78 is 3.34. The van der Waals surface area contributed by atoms with E-state index in [-0.39, 0.29) is 0 Å². The first-order valence-corrected chi connectivity index (χ1v) is 11.8. The molecule has 7 heteroatoms. The lowest BCUT2D eigenvalue weighted by atomic mass is 9.80. The Labute approximate surface area is 189 Å². The molecule has 0 radical (unpaired) electrons. The van der Waals surface area contributed by atoms with Crippen LogP contribution >= 0.6 is 15.9 Å². The zero-order chi connectivity index (χ0) is 21.4. The van der Waals surface area contributed by atoms with Crippen LogP contribution in [0.1, 0.15) is 36.9 Å². The summed E-state index contributed by atoms with van der Waals surface area (Å²) >= 11 is 3.78. The molecule has 1 aliphatic rings. The van der Waals surface area contributed by atoms with Gasteiger partial charge in [-0.3, -0.25) is 4.57 Å². The number of halogens is 1. The van der Waals surface area contributed by atoms with E-state index in [4.69, 9.17) is 10.1 Å². The average molecular weight is 466 g/mol. The Bertz CT molecular complexity index is 1070. The zero-order valence-electron chi connectivity index (χ0n) is 18.5. The number of aliphatic hydroxyl groups is 1. The SMILES string of the molecule is Bc1cc(Br)c(-n2cc(C)c3c(N4CCC(CCCO)CC4)cc(C)nc32)cc1B. The van der Waals surface area contributed by atoms with Gasteiger partial charge in [0.15, 0.2) is 0 Å². The maximum Gasteiger partial charge on any atom is 0.147 e. The smallest absolute Gasteiger partial charge is 0.147 e. The molecular weight excluding hydrogens is 436 g/mol. The Balaban J connectivity index is 1.75. The minimum absolute atomic E-state index is 0.311. The first-order valence-electron chi connectivity index (χ1n) is 11.0. The molecule has 3 heterocycles. The molecule has 0 bridgehead atoms. The number of aryl methyl sites for hydroxylation is 2. The van der Waals surface area contributed by atoms with Gasteiger partial charge in [0.05, 0.1) is 5.69 Å². The lowest BCUT2D eigenvalue weighted by Gasteiger charge is -2.34. The van der Waals surface area contributed by atoms with E-state index in [2.05, 4.69) is 79.3 Å². The van der Waals surface area contributed by atoms with Gasteiger partial charge in [0.1, 0.15) is 21.3 Å². The number of hydrogen-bond donors (Lipinski definition) is 1. The molecule has 0 atom stereocenters. The molecule has 1 aliphatic heterocycles. The fourth-order valence-corrected chi connectivity index (χ4v) is 5.39. The maximum absolute atomic E-state index is 9.13. The van der Waals surface area contributed by atoms with Crippen LogP contribution in [0, 0.1) is 19.8 Å². The van der Waals surface area contributed by atoms with Crippen molar-refractivity contribution < 1.29 is 5.11 Å². The van der Waals surface area contributed by atoms with Gasteiger partial charge < -0.3 is 10.0 Å². The Morgan fingerprint density at radius 2 is 1.80 bits per heavy atom. The quantitative estimate of drug-likeness (QED) is 0.585. The molecule has 0 amide bonds. The lowest BCUT2D eigenvalue weighted by Crippen LogP contribution is -2.34. The molecular formula is C23H30B2BrN3O. The topological polar surface area (TPSA) is 41.3 Å². The van der Waals surface area contributed by atoms with Gasteiger partial charge in [-0.1, -0.05) is 17.0 Å². The van der Waals surface area contributed by atoms with Crippen molar-refractivity contribution in [3.63, 3.8) is 0 Å². The number of anilines is 1. The number of fused-ring (bicyclic) bond motifs is 1. The average Bonchev–Trinajstić information content (AvgIpc) is 3.05. The van der Waals surface area contributed by atoms with Crippen LogP contribution in [-0.2, 0) is 0 Å². The Hall–Kier alpha value is -1.72. The van der Waals surface area contributed by atoms with E-state index in [1.807, 2.05) is 0 Å². The highest BCUT2D eigenvalue weighted by Crippen LogP contribution is 2.36. The Morgan fingerprint density at radius 1 is 1.10 bits per heavy atom. The van der Waals surface area contributed by atoms with Gasteiger partial charge in [0.2, 0.25) is 0 Å². The number of piperidine rings is 1. The third kappa shape index (κ3) is 4.06. The van der Waals surface area contributed by atoms with Gasteiger partial charge in [-0.15, -0.1) is 0 Å². The molecule has 30 heavy (non-hydrogen) atoms. The molecule has 156 valence electrons. The molecule has 0 aliphatic carbocycles. The molecule has 1 saturated heterocycles. The zero-order valence-corrected chi connectivity index (χ0v) is 20.1. The van der Waals surface area contributed by atoms with Crippen molar-refractivity contribution >= 4 is 59.3 Å². The lowest BCUT2D eigenvalue weighted by molar-refractivity contribution is 0.261. The monoisotopic (exact) mass is 465 g/mol. The third-order valence-corrected chi connectivity index (χ3v) is 7.24. The van der Waals surface area contributed by atoms with E-state index >= 15 is 0 Å². The van der Waals surface area contributed by atoms with Crippen molar-refractivity contribution in [3.8, 4) is 5.69 Å². The Kier molecular flexibility index (Phi) is 6.31. The van der Waals surface area contributed by atoms with Crippen molar-refractivity contribution in [1.29, 1.82) is 0 Å². The van der Waals surface area contributed by atoms with Crippen molar-refractivity contribution in [2.75, 3.05) is 24.6 Å². The molecule has 0 saturated carbocycles. The van der Waals surface area contributed by atoms with Gasteiger partial charge in [0, 0.05) is 47.1 Å². The second kappa shape index (κ2) is 8.80. The fraction of sp³-hybridized carbons (Fsp3) is 0.435. The first kappa shape index (κ1) is 21.5. The van der Waals surface area contributed by atoms with E-state index in [1.54, 1.807) is 0 Å². The van der Waals surface area contributed by atoms with Gasteiger partial charge in [-0.05, 0) is 79.1 Å². The van der Waals surface area contributed by atoms with Crippen molar-refractivity contribution in [2.45, 2.75) is 39.5 Å². The van der Waals surface area contributed by atoms with E-state index < -0.39 is 0 Å². The number of aliphatic hydroxyl groups excluding tert-OH is 1. The number of aromatic nitrogens is 2. The van der Waals surface area contributed by atoms with E-state index in [0.717, 1.165) is 53.4 Å². The summed E-state index contributed by atoms with van der Waals surface area (Å²) in [6, 6.07) is 6.69. The minimum Gasteiger partial charge on any atom is -0.396 e. The standard InChI is InChI=1S/C23H30B2BrN3O/c1-14-13-29(20-12-18(25)17(24)11-19(20)26)23-22(14)21(10-15(2)27-23)28-7-5-16(6-8-28)4-3-9-30/h10-13,16,30H,3-9,24-25H2,1-2H3. The summed E-state index contributed by atoms with van der Waals surface area (Å²) in [5.41, 5.74) is 8.38. The normalized spacial score (nSPS) is 15.3. The molecule has 4 rings (SSSR count). The summed E-state index contributed by atoms with van der Waals surface area (Å²) in [5.74, 6) is 0.740. The molecule has 1 fully saturated rings. The van der Waals surface area contributed by atoms with Crippen molar-refractivity contribution in [2.24, 2.45) is 5.92 Å². The second-order valence-corrected chi connectivity index (χ2v) is 9.70. The Morgan fingerprint density at radius 3 is 2.50 bits per heavy atom. The molecule has 1 N–H and O–H groups in total. The number of benzene rings is 1. The molecule has 0 unspecified atom stereocenters. The number of nitrogens with zero attached hydrogens (tertiary/aromatic N) is 3. The van der Waals surface area contributed by atoms with E-state index in [9.17, 15) is 0 Å². The number of pyridine rings is 1. The van der Waals surface area contributed by atoms with E-state index in [1.165, 1.54) is 40.4 Å². The molecule has 3 aromatic rings. The van der Waals surface area contributed by atoms with Crippen molar-refractivity contribution in [3.05, 3.63) is 40.1 Å². The predicted molar refractivity (Wildman–Crippen MR) is 136 cm³/mol. The molecule has 2 aromatic heterocycles. The van der Waals surface area contributed by atoms with Gasteiger partial charge >= 0.3 is 0 Å². The van der Waals surface area contributed by atoms with Gasteiger partial charge in [-0.2, -0.15) is 0 Å². The highest BCUT2D eigenvalue weighted by atomic mass is 79.9. The van der Waals surface area contributed by atoms with Crippen LogP contribution in [0.2, 0.25) is 0 Å². The molecule has 0 spiro atoms. The summed E-state index contributed by atoms with van der Waals surface area (Å²) in [5, 5.41) is 10.4. The van der Waals surface area contributed by atoms with Crippen LogP contribution in [-0.4, -0.2) is 50.0 Å². The van der Waals surface area contributed by atoms with Crippen LogP contribution < -0.4 is 15.8 Å². The van der Waals surface area contributed by atoms with Crippen LogP contribution in [0.25, 0.3) is 16.7 Å². The number of hydrogen-bond acceptors (Lipinski definition) is 3. The summed E-state index contributed by atoms with van der Waals surface area (Å²) in [6.07, 6.45) is 6.70. The minimum atomic E-state index is 0.311. The van der Waals surface area contributed by atoms with E-state index in [0.29, 0.717) is 6.61 Å². The van der Waals surface area contributed by atoms with Crippen LogP contribution in [0.5, 0.6) is 0 Å². The summed E-state index contributed by atoms with van der Waals surface area (Å²) in [4.78, 5) is 7.51. The van der Waals surface area contributed by atoms with Crippen molar-refractivity contribution in [1.82, 2.24) is 9.55 Å². The van der Waals surface area contributed by atoms with Crippen LogP contribution in [0.15, 0.2) is 28.9 Å². The largest absolute Gasteiger partial charge is 0.396 e. The van der Waals surface area contributed by atoms with Crippen LogP contribution in [0.3, 0.4) is 0 Å². The second-order valence-electron chi connectivity index (χ2n) is 8.85. The fourth-order valence-electron chi connectivity index (χ4n) is 4.74. The number of rotatable bonds is 5. The third-order valence-electron chi connectivity index (χ3n) is 6.60. The summed E-state index contributed by atoms with van der Waals surface area (Å²) in [7, 11) is 4.31. The highest BCUT2D eigenvalue weighted by molar-refractivity contribution is 9.10. The maximum atomic E-state index is 9.13.